The predicted octanol–water partition coefficient (Wildman–Crippen LogP) is 8.01. The van der Waals surface area contributed by atoms with Gasteiger partial charge in [0.15, 0.2) is 0 Å². The second-order valence-electron chi connectivity index (χ2n) is 12.0. The van der Waals surface area contributed by atoms with Gasteiger partial charge in [0.25, 0.3) is 5.91 Å². The van der Waals surface area contributed by atoms with Gasteiger partial charge in [-0.3, -0.25) is 9.69 Å². The van der Waals surface area contributed by atoms with Crippen LogP contribution >= 0.6 is 0 Å². The summed E-state index contributed by atoms with van der Waals surface area (Å²) < 4.78 is 25.7. The molecule has 0 aromatic heterocycles. The number of halogens is 1. The Balaban J connectivity index is 1.28. The van der Waals surface area contributed by atoms with Crippen LogP contribution in [0.4, 0.5) is 14.9 Å². The van der Waals surface area contributed by atoms with Gasteiger partial charge in [0.05, 0.1) is 0 Å². The summed E-state index contributed by atoms with van der Waals surface area (Å²) in [5, 5.41) is 3.01. The lowest BCUT2D eigenvalue weighted by Gasteiger charge is -2.36. The van der Waals surface area contributed by atoms with Crippen molar-refractivity contribution in [3.8, 4) is 23.0 Å². The minimum atomic E-state index is -0.356. The van der Waals surface area contributed by atoms with Crippen molar-refractivity contribution in [2.75, 3.05) is 51.1 Å². The van der Waals surface area contributed by atoms with Gasteiger partial charge in [-0.1, -0.05) is 39.5 Å². The van der Waals surface area contributed by atoms with Gasteiger partial charge in [-0.2, -0.15) is 0 Å². The number of nitrogens with zero attached hydrogens (tertiary/aromatic N) is 3. The molecule has 5 rings (SSSR count). The number of benzene rings is 3. The zero-order valence-electron chi connectivity index (χ0n) is 26.5. The topological polar surface area (TPSA) is 74.4 Å². The van der Waals surface area contributed by atoms with Crippen molar-refractivity contribution in [2.45, 2.75) is 52.4 Å². The number of rotatable bonds is 10. The van der Waals surface area contributed by atoms with Crippen LogP contribution < -0.4 is 14.8 Å². The van der Waals surface area contributed by atoms with Crippen LogP contribution in [-0.2, 0) is 0 Å². The number of carbonyl (C=O) groups is 2. The molecule has 3 aromatic rings. The van der Waals surface area contributed by atoms with E-state index in [0.29, 0.717) is 53.3 Å². The van der Waals surface area contributed by atoms with E-state index in [0.717, 1.165) is 58.4 Å². The maximum atomic E-state index is 13.5. The molecule has 0 radical (unpaired) electrons. The van der Waals surface area contributed by atoms with E-state index < -0.39 is 0 Å². The van der Waals surface area contributed by atoms with Crippen LogP contribution in [0.1, 0.15) is 62.7 Å². The van der Waals surface area contributed by atoms with Crippen LogP contribution in [-0.4, -0.2) is 72.5 Å². The standard InChI is InChI=1S/C36H45FN4O4/c1-3-27(4-2)26-39-19-21-41(22-20-39)36(43)38-30-23-33(25-34(24-30)45-32-15-11-29(37)12-16-32)44-31-13-9-28(10-14-31)35(42)40-17-7-5-6-8-18-40/h9-16,23-25,27H,3-8,17-22,26H2,1-2H3,(H,38,43). The van der Waals surface area contributed by atoms with E-state index in [9.17, 15) is 14.0 Å². The molecule has 0 atom stereocenters. The number of urea groups is 1. The third-order valence-corrected chi connectivity index (χ3v) is 8.74. The monoisotopic (exact) mass is 616 g/mol. The Morgan fingerprint density at radius 1 is 0.711 bits per heavy atom. The summed E-state index contributed by atoms with van der Waals surface area (Å²) in [6.45, 7) is 10.1. The van der Waals surface area contributed by atoms with Crippen LogP contribution in [0, 0.1) is 11.7 Å². The van der Waals surface area contributed by atoms with Gasteiger partial charge in [-0.25, -0.2) is 9.18 Å². The molecule has 0 aliphatic carbocycles. The van der Waals surface area contributed by atoms with Crippen molar-refractivity contribution >= 4 is 17.6 Å². The van der Waals surface area contributed by atoms with Gasteiger partial charge in [-0.05, 0) is 67.3 Å². The van der Waals surface area contributed by atoms with Crippen LogP contribution in [0.25, 0.3) is 0 Å². The van der Waals surface area contributed by atoms with Crippen molar-refractivity contribution < 1.29 is 23.5 Å². The summed E-state index contributed by atoms with van der Waals surface area (Å²) in [5.74, 6) is 2.25. The highest BCUT2D eigenvalue weighted by atomic mass is 19.1. The summed E-state index contributed by atoms with van der Waals surface area (Å²) >= 11 is 0. The summed E-state index contributed by atoms with van der Waals surface area (Å²) in [7, 11) is 0. The SMILES string of the molecule is CCC(CC)CN1CCN(C(=O)Nc2cc(Oc3ccc(F)cc3)cc(Oc3ccc(C(=O)N4CCCCCC4)cc3)c2)CC1. The molecule has 0 spiro atoms. The third-order valence-electron chi connectivity index (χ3n) is 8.74. The van der Waals surface area contributed by atoms with Crippen molar-refractivity contribution in [1.29, 1.82) is 0 Å². The molecule has 2 fully saturated rings. The highest BCUT2D eigenvalue weighted by Gasteiger charge is 2.23. The summed E-state index contributed by atoms with van der Waals surface area (Å²) in [6, 6.07) is 17.9. The van der Waals surface area contributed by atoms with Crippen LogP contribution in [0.2, 0.25) is 0 Å². The number of hydrogen-bond donors (Lipinski definition) is 1. The zero-order chi connectivity index (χ0) is 31.6. The van der Waals surface area contributed by atoms with Crippen LogP contribution in [0.3, 0.4) is 0 Å². The molecule has 3 amide bonds. The maximum absolute atomic E-state index is 13.5. The largest absolute Gasteiger partial charge is 0.457 e. The van der Waals surface area contributed by atoms with E-state index in [2.05, 4.69) is 24.1 Å². The maximum Gasteiger partial charge on any atom is 0.321 e. The van der Waals surface area contributed by atoms with Gasteiger partial charge >= 0.3 is 6.03 Å². The van der Waals surface area contributed by atoms with E-state index in [1.165, 1.54) is 25.0 Å². The molecule has 3 aromatic carbocycles. The highest BCUT2D eigenvalue weighted by Crippen LogP contribution is 2.33. The first kappa shape index (κ1) is 32.3. The quantitative estimate of drug-likeness (QED) is 0.250. The van der Waals surface area contributed by atoms with Gasteiger partial charge in [0, 0.05) is 75.3 Å². The Labute approximate surface area is 266 Å². The number of hydrogen-bond acceptors (Lipinski definition) is 5. The summed E-state index contributed by atoms with van der Waals surface area (Å²) in [4.78, 5) is 32.5. The molecule has 0 saturated carbocycles. The Morgan fingerprint density at radius 2 is 1.27 bits per heavy atom. The lowest BCUT2D eigenvalue weighted by atomic mass is 10.0. The van der Waals surface area contributed by atoms with E-state index >= 15 is 0 Å². The van der Waals surface area contributed by atoms with Crippen LogP contribution in [0.5, 0.6) is 23.0 Å². The average molecular weight is 617 g/mol. The van der Waals surface area contributed by atoms with E-state index in [-0.39, 0.29) is 17.8 Å². The average Bonchev–Trinajstić information content (AvgIpc) is 3.35. The molecule has 2 aliphatic heterocycles. The molecule has 240 valence electrons. The second kappa shape index (κ2) is 15.8. The lowest BCUT2D eigenvalue weighted by molar-refractivity contribution is 0.0761. The number of carbonyl (C=O) groups excluding carboxylic acids is 2. The third kappa shape index (κ3) is 9.20. The molecule has 0 unspecified atom stereocenters. The first-order valence-electron chi connectivity index (χ1n) is 16.3. The minimum absolute atomic E-state index is 0.0412. The molecule has 0 bridgehead atoms. The van der Waals surface area contributed by atoms with Gasteiger partial charge in [0.2, 0.25) is 0 Å². The Hall–Kier alpha value is -4.11. The lowest BCUT2D eigenvalue weighted by Crippen LogP contribution is -2.50. The van der Waals surface area contributed by atoms with E-state index in [1.54, 1.807) is 54.6 Å². The number of amides is 3. The number of anilines is 1. The number of ether oxygens (including phenoxy) is 2. The molecular formula is C36H45FN4O4. The van der Waals surface area contributed by atoms with Crippen molar-refractivity contribution in [3.05, 3.63) is 78.1 Å². The number of nitrogens with one attached hydrogen (secondary N) is 1. The first-order chi connectivity index (χ1) is 21.9. The van der Waals surface area contributed by atoms with Gasteiger partial charge < -0.3 is 24.6 Å². The minimum Gasteiger partial charge on any atom is -0.457 e. The van der Waals surface area contributed by atoms with E-state index in [1.807, 2.05) is 9.80 Å². The Morgan fingerprint density at radius 3 is 1.82 bits per heavy atom. The fraction of sp³-hybridized carbons (Fsp3) is 0.444. The van der Waals surface area contributed by atoms with Crippen molar-refractivity contribution in [3.63, 3.8) is 0 Å². The fourth-order valence-electron chi connectivity index (χ4n) is 5.91. The predicted molar refractivity (Wildman–Crippen MR) is 175 cm³/mol. The van der Waals surface area contributed by atoms with Crippen LogP contribution in [0.15, 0.2) is 66.7 Å². The fourth-order valence-corrected chi connectivity index (χ4v) is 5.91. The molecular weight excluding hydrogens is 571 g/mol. The van der Waals surface area contributed by atoms with Gasteiger partial charge in [-0.15, -0.1) is 0 Å². The second-order valence-corrected chi connectivity index (χ2v) is 12.0. The molecule has 1 N–H and O–H groups in total. The first-order valence-corrected chi connectivity index (χ1v) is 16.3. The zero-order valence-corrected chi connectivity index (χ0v) is 26.5. The highest BCUT2D eigenvalue weighted by molar-refractivity contribution is 5.94. The van der Waals surface area contributed by atoms with E-state index in [4.69, 9.17) is 9.47 Å². The normalized spacial score (nSPS) is 15.9. The molecule has 9 heteroatoms. The van der Waals surface area contributed by atoms with Crippen molar-refractivity contribution in [2.24, 2.45) is 5.92 Å². The molecule has 2 saturated heterocycles. The van der Waals surface area contributed by atoms with Gasteiger partial charge in [0.1, 0.15) is 28.8 Å². The smallest absolute Gasteiger partial charge is 0.321 e. The molecule has 45 heavy (non-hydrogen) atoms. The Kier molecular flexibility index (Phi) is 11.3. The number of piperazine rings is 1. The molecule has 2 aliphatic rings. The molecule has 2 heterocycles. The molecule has 8 nitrogen and oxygen atoms in total. The Bertz CT molecular complexity index is 1400. The number of likely N-dealkylation sites (tertiary alicyclic amines) is 1. The van der Waals surface area contributed by atoms with Crippen molar-refractivity contribution in [1.82, 2.24) is 14.7 Å². The summed E-state index contributed by atoms with van der Waals surface area (Å²) in [6.07, 6.45) is 6.74. The summed E-state index contributed by atoms with van der Waals surface area (Å²) in [5.41, 5.74) is 1.15.